The van der Waals surface area contributed by atoms with Crippen LogP contribution < -0.4 is 11.1 Å². The van der Waals surface area contributed by atoms with Crippen LogP contribution >= 0.6 is 0 Å². The van der Waals surface area contributed by atoms with Gasteiger partial charge in [-0.15, -0.1) is 0 Å². The van der Waals surface area contributed by atoms with E-state index in [-0.39, 0.29) is 0 Å². The molecule has 2 aromatic carbocycles. The van der Waals surface area contributed by atoms with Crippen LogP contribution in [0.15, 0.2) is 165 Å². The van der Waals surface area contributed by atoms with Crippen molar-refractivity contribution in [2.75, 3.05) is 12.3 Å². The maximum Gasteiger partial charge on any atom is 0.138 e. The average molecular weight is 878 g/mol. The van der Waals surface area contributed by atoms with Crippen LogP contribution in [0.1, 0.15) is 35.7 Å². The molecule has 0 spiro atoms. The van der Waals surface area contributed by atoms with Crippen LogP contribution in [0.5, 0.6) is 0 Å². The minimum Gasteiger partial charge on any atom is -0.397 e. The second-order valence-corrected chi connectivity index (χ2v) is 16.2. The van der Waals surface area contributed by atoms with Crippen molar-refractivity contribution in [2.45, 2.75) is 26.8 Å². The fourth-order valence-corrected chi connectivity index (χ4v) is 8.46. The van der Waals surface area contributed by atoms with Gasteiger partial charge in [-0.2, -0.15) is 10.2 Å². The van der Waals surface area contributed by atoms with E-state index in [4.69, 9.17) is 5.73 Å². The third kappa shape index (κ3) is 8.74. The van der Waals surface area contributed by atoms with Crippen LogP contribution in [-0.2, 0) is 6.54 Å². The van der Waals surface area contributed by atoms with Gasteiger partial charge in [0.2, 0.25) is 0 Å². The molecule has 0 saturated carbocycles. The van der Waals surface area contributed by atoms with Crippen molar-refractivity contribution >= 4 is 44.1 Å². The predicted molar refractivity (Wildman–Crippen MR) is 269 cm³/mol. The van der Waals surface area contributed by atoms with Crippen LogP contribution in [0.25, 0.3) is 94.6 Å². The molecular weight excluding hydrogens is 831 g/mol. The number of aromatic nitrogens is 11. The van der Waals surface area contributed by atoms with Gasteiger partial charge >= 0.3 is 0 Å². The first kappa shape index (κ1) is 42.2. The number of benzene rings is 2. The summed E-state index contributed by atoms with van der Waals surface area (Å²) in [5.41, 5.74) is 24.8. The summed E-state index contributed by atoms with van der Waals surface area (Å²) in [6, 6.07) is 31.0. The lowest BCUT2D eigenvalue weighted by Gasteiger charge is -2.07. The molecule has 0 unspecified atom stereocenters. The van der Waals surface area contributed by atoms with Crippen molar-refractivity contribution in [3.63, 3.8) is 0 Å². The SMILES string of the molecule is C=C/C=C(/c1ccncc1)c1cc(-c2n[nH]c3ccc(-c4cncc(N)c4)cc23)[nH]c1C.CCCNCc1cncc(-c2ccc3[nH]nc(-c4cc5c(-c6ccncc6)ccnc5[nH]4)c3c2)c1. The molecular formula is C54H47N13. The Morgan fingerprint density at radius 1 is 0.642 bits per heavy atom. The van der Waals surface area contributed by atoms with Crippen LogP contribution in [0.4, 0.5) is 5.69 Å². The Hall–Kier alpha value is -8.81. The number of aromatic amines is 4. The van der Waals surface area contributed by atoms with Gasteiger partial charge in [-0.3, -0.25) is 30.1 Å². The quantitative estimate of drug-likeness (QED) is 0.0512. The lowest BCUT2D eigenvalue weighted by atomic mass is 9.98. The van der Waals surface area contributed by atoms with Gasteiger partial charge in [0.15, 0.2) is 0 Å². The van der Waals surface area contributed by atoms with Gasteiger partial charge in [0.05, 0.1) is 28.1 Å². The Morgan fingerprint density at radius 2 is 1.30 bits per heavy atom. The summed E-state index contributed by atoms with van der Waals surface area (Å²) in [6.07, 6.45) is 21.3. The first-order chi connectivity index (χ1) is 32.9. The highest BCUT2D eigenvalue weighted by atomic mass is 15.1. The molecule has 0 radical (unpaired) electrons. The molecule has 328 valence electrons. The van der Waals surface area contributed by atoms with E-state index in [0.29, 0.717) is 5.69 Å². The number of hydrogen-bond donors (Lipinski definition) is 6. The number of pyridine rings is 5. The third-order valence-electron chi connectivity index (χ3n) is 11.7. The minimum absolute atomic E-state index is 0.636. The Morgan fingerprint density at radius 3 is 1.97 bits per heavy atom. The zero-order chi connectivity index (χ0) is 45.7. The Kier molecular flexibility index (Phi) is 11.8. The Bertz CT molecular complexity index is 3540. The van der Waals surface area contributed by atoms with E-state index in [9.17, 15) is 0 Å². The molecule has 11 aromatic rings. The summed E-state index contributed by atoms with van der Waals surface area (Å²) in [5.74, 6) is 0. The lowest BCUT2D eigenvalue weighted by molar-refractivity contribution is 0.674. The molecule has 11 rings (SSSR count). The maximum absolute atomic E-state index is 5.93. The van der Waals surface area contributed by atoms with Gasteiger partial charge < -0.3 is 21.0 Å². The molecule has 67 heavy (non-hydrogen) atoms. The number of allylic oxidation sites excluding steroid dienone is 2. The van der Waals surface area contributed by atoms with E-state index in [1.54, 1.807) is 24.7 Å². The maximum atomic E-state index is 5.93. The van der Waals surface area contributed by atoms with E-state index < -0.39 is 0 Å². The first-order valence-corrected chi connectivity index (χ1v) is 22.1. The zero-order valence-electron chi connectivity index (χ0n) is 37.0. The first-order valence-electron chi connectivity index (χ1n) is 22.1. The molecule has 13 nitrogen and oxygen atoms in total. The molecule has 0 fully saturated rings. The second kappa shape index (κ2) is 18.7. The van der Waals surface area contributed by atoms with Crippen molar-refractivity contribution in [3.8, 4) is 56.2 Å². The molecule has 9 heterocycles. The molecule has 9 aromatic heterocycles. The van der Waals surface area contributed by atoms with Crippen LogP contribution in [-0.4, -0.2) is 61.8 Å². The molecule has 0 atom stereocenters. The molecule has 0 aliphatic rings. The Labute approximate surface area is 386 Å². The number of nitrogens with one attached hydrogen (secondary N) is 5. The van der Waals surface area contributed by atoms with Crippen molar-refractivity contribution in [1.82, 2.24) is 60.6 Å². The normalized spacial score (nSPS) is 11.6. The monoisotopic (exact) mass is 877 g/mol. The molecule has 7 N–H and O–H groups in total. The van der Waals surface area contributed by atoms with Gasteiger partial charge in [0, 0.05) is 101 Å². The van der Waals surface area contributed by atoms with E-state index in [1.165, 1.54) is 5.56 Å². The highest BCUT2D eigenvalue weighted by Gasteiger charge is 2.18. The standard InChI is InChI=1S/C28H25N7.C26H22N6/c1-2-8-30-15-18-12-21(17-31-16-18)20-3-4-25-24(13-20)27(35-34-25)26-14-23-22(7-11-32-28(23)33-26)19-5-9-29-10-6-19;1-3-4-21(17-7-9-28-10-8-17)22-13-25(30-16(22)2)26-23-12-18(5-6-24(23)31-32-26)19-11-20(27)15-29-14-19/h3-7,9-14,16-17,30H,2,8,15H2,1H3,(H,32,33)(H,34,35);3-15,30H,1,27H2,2H3,(H,31,32)/b;21-4-. The smallest absolute Gasteiger partial charge is 0.138 e. The summed E-state index contributed by atoms with van der Waals surface area (Å²) in [7, 11) is 0. The molecule has 0 aliphatic carbocycles. The summed E-state index contributed by atoms with van der Waals surface area (Å²) in [6.45, 7) is 9.94. The van der Waals surface area contributed by atoms with Gasteiger partial charge in [0.1, 0.15) is 17.0 Å². The van der Waals surface area contributed by atoms with E-state index >= 15 is 0 Å². The number of aryl methyl sites for hydroxylation is 1. The number of nitrogens with two attached hydrogens (primary N) is 1. The number of H-pyrrole nitrogens is 4. The number of nitrogen functional groups attached to an aromatic ring is 1. The van der Waals surface area contributed by atoms with Crippen molar-refractivity contribution in [1.29, 1.82) is 0 Å². The van der Waals surface area contributed by atoms with Crippen LogP contribution in [0, 0.1) is 6.92 Å². The molecule has 13 heteroatoms. The van der Waals surface area contributed by atoms with Crippen molar-refractivity contribution in [3.05, 3.63) is 188 Å². The topological polar surface area (TPSA) is 191 Å². The fraction of sp³-hybridized carbons (Fsp3) is 0.0926. The fourth-order valence-electron chi connectivity index (χ4n) is 8.46. The van der Waals surface area contributed by atoms with Gasteiger partial charge in [0.25, 0.3) is 0 Å². The second-order valence-electron chi connectivity index (χ2n) is 16.2. The van der Waals surface area contributed by atoms with Crippen molar-refractivity contribution < 1.29 is 0 Å². The molecule has 0 aliphatic heterocycles. The number of nitrogens with zero attached hydrogens (tertiary/aromatic N) is 7. The number of fused-ring (bicyclic) bond motifs is 3. The number of rotatable bonds is 12. The summed E-state index contributed by atoms with van der Waals surface area (Å²) in [4.78, 5) is 28.5. The average Bonchev–Trinajstić information content (AvgIpc) is 4.18. The summed E-state index contributed by atoms with van der Waals surface area (Å²) in [5, 5.41) is 22.1. The van der Waals surface area contributed by atoms with Gasteiger partial charge in [-0.25, -0.2) is 4.98 Å². The lowest BCUT2D eigenvalue weighted by Crippen LogP contribution is -2.13. The van der Waals surface area contributed by atoms with E-state index in [1.807, 2.05) is 91.8 Å². The Balaban J connectivity index is 0.000000157. The third-order valence-corrected chi connectivity index (χ3v) is 11.7. The molecule has 0 saturated heterocycles. The highest BCUT2D eigenvalue weighted by Crippen LogP contribution is 2.36. The van der Waals surface area contributed by atoms with Crippen LogP contribution in [0.3, 0.4) is 0 Å². The number of anilines is 1. The molecule has 0 bridgehead atoms. The van der Waals surface area contributed by atoms with E-state index in [0.717, 1.165) is 131 Å². The highest BCUT2D eigenvalue weighted by molar-refractivity contribution is 6.01. The van der Waals surface area contributed by atoms with E-state index in [2.05, 4.69) is 123 Å². The van der Waals surface area contributed by atoms with Gasteiger partial charge in [-0.1, -0.05) is 37.8 Å². The van der Waals surface area contributed by atoms with Crippen molar-refractivity contribution in [2.24, 2.45) is 0 Å². The minimum atomic E-state index is 0.636. The summed E-state index contributed by atoms with van der Waals surface area (Å²) < 4.78 is 0. The zero-order valence-corrected chi connectivity index (χ0v) is 37.0. The largest absolute Gasteiger partial charge is 0.397 e. The molecule has 0 amide bonds. The van der Waals surface area contributed by atoms with Crippen LogP contribution in [0.2, 0.25) is 0 Å². The summed E-state index contributed by atoms with van der Waals surface area (Å²) >= 11 is 0. The predicted octanol–water partition coefficient (Wildman–Crippen LogP) is 11.3. The number of hydrogen-bond acceptors (Lipinski definition) is 9. The van der Waals surface area contributed by atoms with Gasteiger partial charge in [-0.05, 0) is 138 Å².